The number of amides is 2. The first-order valence-corrected chi connectivity index (χ1v) is 11.7. The van der Waals surface area contributed by atoms with Gasteiger partial charge in [0.2, 0.25) is 5.91 Å². The highest BCUT2D eigenvalue weighted by molar-refractivity contribution is 5.86. The molecule has 2 amide bonds. The molecule has 0 saturated carbocycles. The number of esters is 2. The molecule has 0 aromatic heterocycles. The highest BCUT2D eigenvalue weighted by atomic mass is 16.6. The lowest BCUT2D eigenvalue weighted by Crippen LogP contribution is -2.50. The zero-order valence-corrected chi connectivity index (χ0v) is 21.1. The topological polar surface area (TPSA) is 120 Å². The molecule has 0 radical (unpaired) electrons. The molecule has 0 aliphatic carbocycles. The standard InChI is InChI=1S/C27H34N2O7/c1-19(35-23(31)15-16-28-26(33)36-27(2,3)4)24(25(32)34-18-21-13-9-6-10-14-21)29-22(30)17-20-11-7-5-8-12-20/h5-14,19,24H,15-18H2,1-4H3,(H,28,33)(H,29,30)/t19-,24+/m1/s1. The number of hydrogen-bond donors (Lipinski definition) is 2. The summed E-state index contributed by atoms with van der Waals surface area (Å²) in [6.07, 6.45) is -1.77. The number of alkyl carbamates (subject to hydrolysis) is 1. The molecule has 2 rings (SSSR count). The fourth-order valence-electron chi connectivity index (χ4n) is 3.11. The average molecular weight is 499 g/mol. The number of nitrogens with one attached hydrogen (secondary N) is 2. The molecule has 0 fully saturated rings. The number of hydrogen-bond acceptors (Lipinski definition) is 7. The van der Waals surface area contributed by atoms with E-state index in [1.54, 1.807) is 45.0 Å². The van der Waals surface area contributed by atoms with Crippen molar-refractivity contribution in [3.63, 3.8) is 0 Å². The van der Waals surface area contributed by atoms with E-state index in [9.17, 15) is 19.2 Å². The normalized spacial score (nSPS) is 12.6. The van der Waals surface area contributed by atoms with Crippen LogP contribution in [-0.2, 0) is 41.6 Å². The smallest absolute Gasteiger partial charge is 0.407 e. The van der Waals surface area contributed by atoms with E-state index in [2.05, 4.69) is 10.6 Å². The molecule has 0 bridgehead atoms. The van der Waals surface area contributed by atoms with E-state index in [0.717, 1.165) is 11.1 Å². The predicted octanol–water partition coefficient (Wildman–Crippen LogP) is 3.30. The molecule has 9 nitrogen and oxygen atoms in total. The number of ether oxygens (including phenoxy) is 3. The van der Waals surface area contributed by atoms with Crippen LogP contribution in [0.2, 0.25) is 0 Å². The Bertz CT molecular complexity index is 1000. The SMILES string of the molecule is C[C@@H](OC(=O)CCNC(=O)OC(C)(C)C)[C@H](NC(=O)Cc1ccccc1)C(=O)OCc1ccccc1. The molecule has 2 aromatic carbocycles. The van der Waals surface area contributed by atoms with E-state index < -0.39 is 41.7 Å². The van der Waals surface area contributed by atoms with Crippen LogP contribution in [0.3, 0.4) is 0 Å². The second-order valence-corrected chi connectivity index (χ2v) is 9.17. The van der Waals surface area contributed by atoms with Crippen LogP contribution >= 0.6 is 0 Å². The molecule has 2 aromatic rings. The van der Waals surface area contributed by atoms with E-state index in [1.165, 1.54) is 6.92 Å². The van der Waals surface area contributed by atoms with Gasteiger partial charge in [-0.25, -0.2) is 9.59 Å². The van der Waals surface area contributed by atoms with Crippen LogP contribution in [0.5, 0.6) is 0 Å². The van der Waals surface area contributed by atoms with Gasteiger partial charge in [0.05, 0.1) is 12.8 Å². The second-order valence-electron chi connectivity index (χ2n) is 9.17. The summed E-state index contributed by atoms with van der Waals surface area (Å²) >= 11 is 0. The van der Waals surface area contributed by atoms with Gasteiger partial charge in [-0.15, -0.1) is 0 Å². The largest absolute Gasteiger partial charge is 0.460 e. The lowest BCUT2D eigenvalue weighted by Gasteiger charge is -2.24. The molecule has 194 valence electrons. The van der Waals surface area contributed by atoms with Crippen molar-refractivity contribution in [3.05, 3.63) is 71.8 Å². The lowest BCUT2D eigenvalue weighted by atomic mass is 10.1. The maximum Gasteiger partial charge on any atom is 0.407 e. The van der Waals surface area contributed by atoms with Gasteiger partial charge in [-0.2, -0.15) is 0 Å². The molecule has 0 spiro atoms. The highest BCUT2D eigenvalue weighted by Gasteiger charge is 2.31. The first-order chi connectivity index (χ1) is 17.0. The molecule has 2 atom stereocenters. The second kappa shape index (κ2) is 13.9. The van der Waals surface area contributed by atoms with Crippen LogP contribution in [-0.4, -0.2) is 48.2 Å². The van der Waals surface area contributed by atoms with Gasteiger partial charge >= 0.3 is 18.0 Å². The Balaban J connectivity index is 1.96. The summed E-state index contributed by atoms with van der Waals surface area (Å²) in [5.41, 5.74) is 0.882. The van der Waals surface area contributed by atoms with Crippen molar-refractivity contribution >= 4 is 23.9 Å². The number of benzene rings is 2. The summed E-state index contributed by atoms with van der Waals surface area (Å²) in [7, 11) is 0. The molecule has 0 aliphatic rings. The highest BCUT2D eigenvalue weighted by Crippen LogP contribution is 2.09. The molecule has 9 heteroatoms. The van der Waals surface area contributed by atoms with Gasteiger partial charge in [-0.05, 0) is 38.8 Å². The zero-order valence-electron chi connectivity index (χ0n) is 21.1. The fourth-order valence-corrected chi connectivity index (χ4v) is 3.11. The van der Waals surface area contributed by atoms with Crippen molar-refractivity contribution in [1.29, 1.82) is 0 Å². The minimum absolute atomic E-state index is 0.00516. The molecule has 0 heterocycles. The summed E-state index contributed by atoms with van der Waals surface area (Å²) in [4.78, 5) is 49.5. The van der Waals surface area contributed by atoms with Crippen LogP contribution in [0.1, 0.15) is 45.2 Å². The Kier molecular flexibility index (Phi) is 10.9. The first kappa shape index (κ1) is 28.4. The van der Waals surface area contributed by atoms with Crippen molar-refractivity contribution in [2.45, 2.75) is 64.9 Å². The van der Waals surface area contributed by atoms with E-state index in [0.29, 0.717) is 0 Å². The third-order valence-corrected chi connectivity index (χ3v) is 4.79. The summed E-state index contributed by atoms with van der Waals surface area (Å²) in [5.74, 6) is -1.80. The Labute approximate surface area is 211 Å². The molecule has 0 aliphatic heterocycles. The van der Waals surface area contributed by atoms with Gasteiger partial charge in [-0.3, -0.25) is 9.59 Å². The predicted molar refractivity (Wildman–Crippen MR) is 133 cm³/mol. The lowest BCUT2D eigenvalue weighted by molar-refractivity contribution is -0.159. The van der Waals surface area contributed by atoms with Crippen LogP contribution in [0.25, 0.3) is 0 Å². The van der Waals surface area contributed by atoms with Gasteiger partial charge < -0.3 is 24.8 Å². The van der Waals surface area contributed by atoms with Crippen molar-refractivity contribution in [1.82, 2.24) is 10.6 Å². The van der Waals surface area contributed by atoms with Crippen molar-refractivity contribution in [3.8, 4) is 0 Å². The molecular weight excluding hydrogens is 464 g/mol. The summed E-state index contributed by atoms with van der Waals surface area (Å²) in [6, 6.07) is 16.9. The number of carbonyl (C=O) groups excluding carboxylic acids is 4. The Morgan fingerprint density at radius 1 is 0.889 bits per heavy atom. The monoisotopic (exact) mass is 498 g/mol. The molecular formula is C27H34N2O7. The van der Waals surface area contributed by atoms with E-state index in [4.69, 9.17) is 14.2 Å². The van der Waals surface area contributed by atoms with E-state index in [-0.39, 0.29) is 26.0 Å². The minimum atomic E-state index is -1.22. The Morgan fingerprint density at radius 2 is 1.47 bits per heavy atom. The third kappa shape index (κ3) is 11.0. The van der Waals surface area contributed by atoms with Crippen LogP contribution < -0.4 is 10.6 Å². The van der Waals surface area contributed by atoms with Crippen molar-refractivity contribution < 1.29 is 33.4 Å². The Morgan fingerprint density at radius 3 is 2.06 bits per heavy atom. The summed E-state index contributed by atoms with van der Waals surface area (Å²) in [5, 5.41) is 5.10. The Hall–Kier alpha value is -3.88. The number of carbonyl (C=O) groups is 4. The molecule has 0 saturated heterocycles. The van der Waals surface area contributed by atoms with Crippen LogP contribution in [0.15, 0.2) is 60.7 Å². The van der Waals surface area contributed by atoms with Crippen molar-refractivity contribution in [2.24, 2.45) is 0 Å². The first-order valence-electron chi connectivity index (χ1n) is 11.7. The van der Waals surface area contributed by atoms with E-state index in [1.807, 2.05) is 36.4 Å². The zero-order chi connectivity index (χ0) is 26.6. The maximum atomic E-state index is 12.9. The quantitative estimate of drug-likeness (QED) is 0.360. The van der Waals surface area contributed by atoms with Gasteiger partial charge in [0.1, 0.15) is 18.3 Å². The summed E-state index contributed by atoms with van der Waals surface area (Å²) in [6.45, 7) is 6.68. The third-order valence-electron chi connectivity index (χ3n) is 4.79. The minimum Gasteiger partial charge on any atom is -0.460 e. The molecule has 2 N–H and O–H groups in total. The molecule has 0 unspecified atom stereocenters. The van der Waals surface area contributed by atoms with Gasteiger partial charge in [0.25, 0.3) is 0 Å². The van der Waals surface area contributed by atoms with Gasteiger partial charge in [-0.1, -0.05) is 60.7 Å². The maximum absolute atomic E-state index is 12.9. The summed E-state index contributed by atoms with van der Waals surface area (Å²) < 4.78 is 15.9. The van der Waals surface area contributed by atoms with E-state index >= 15 is 0 Å². The fraction of sp³-hybridized carbons (Fsp3) is 0.407. The molecule has 36 heavy (non-hydrogen) atoms. The van der Waals surface area contributed by atoms with Gasteiger partial charge in [0.15, 0.2) is 6.04 Å². The van der Waals surface area contributed by atoms with Crippen LogP contribution in [0.4, 0.5) is 4.79 Å². The number of rotatable bonds is 11. The van der Waals surface area contributed by atoms with Crippen molar-refractivity contribution in [2.75, 3.05) is 6.54 Å². The average Bonchev–Trinajstić information content (AvgIpc) is 2.81. The van der Waals surface area contributed by atoms with Gasteiger partial charge in [0, 0.05) is 6.54 Å². The van der Waals surface area contributed by atoms with Crippen LogP contribution in [0, 0.1) is 0 Å².